The Hall–Kier alpha value is -2.59. The number of ether oxygens (including phenoxy) is 1. The van der Waals surface area contributed by atoms with Crippen molar-refractivity contribution >= 4 is 32.1 Å². The number of fused-ring (bicyclic) bond motifs is 1. The van der Waals surface area contributed by atoms with Crippen LogP contribution in [0.3, 0.4) is 0 Å². The van der Waals surface area contributed by atoms with Crippen LogP contribution in [0.4, 0.5) is 0 Å². The quantitative estimate of drug-likeness (QED) is 0.602. The summed E-state index contributed by atoms with van der Waals surface area (Å²) >= 11 is 1.16. The van der Waals surface area contributed by atoms with Gasteiger partial charge in [0.25, 0.3) is 5.56 Å². The molecule has 3 aromatic rings. The molecular formula is C16H15N3O5S2. The first-order chi connectivity index (χ1) is 12.2. The van der Waals surface area contributed by atoms with Crippen LogP contribution < -0.4 is 5.56 Å². The monoisotopic (exact) mass is 393 g/mol. The van der Waals surface area contributed by atoms with Gasteiger partial charge in [0.05, 0.1) is 11.3 Å². The van der Waals surface area contributed by atoms with Gasteiger partial charge in [0.1, 0.15) is 6.61 Å². The Bertz CT molecular complexity index is 1150. The molecule has 0 bridgehead atoms. The van der Waals surface area contributed by atoms with Gasteiger partial charge in [-0.3, -0.25) is 4.79 Å². The Balaban J connectivity index is 1.74. The Labute approximate surface area is 153 Å². The van der Waals surface area contributed by atoms with Gasteiger partial charge in [0.15, 0.2) is 14.8 Å². The van der Waals surface area contributed by atoms with E-state index < -0.39 is 15.8 Å². The minimum absolute atomic E-state index is 0.109. The average molecular weight is 393 g/mol. The summed E-state index contributed by atoms with van der Waals surface area (Å²) in [6.07, 6.45) is 1.13. The SMILES string of the molecule is Cc1cc(=O)n2nc(COC(=O)c3cccc(CS(C)(=O)=O)c3)sc2n1. The minimum Gasteiger partial charge on any atom is -0.455 e. The van der Waals surface area contributed by atoms with Crippen LogP contribution in [0.2, 0.25) is 0 Å². The van der Waals surface area contributed by atoms with E-state index in [4.69, 9.17) is 4.74 Å². The van der Waals surface area contributed by atoms with Crippen LogP contribution in [0.5, 0.6) is 0 Å². The predicted octanol–water partition coefficient (Wildman–Crippen LogP) is 1.36. The number of carbonyl (C=O) groups excluding carboxylic acids is 1. The van der Waals surface area contributed by atoms with Crippen LogP contribution in [-0.4, -0.2) is 35.2 Å². The molecule has 1 aromatic carbocycles. The highest BCUT2D eigenvalue weighted by atomic mass is 32.2. The second kappa shape index (κ2) is 6.96. The number of nitrogens with zero attached hydrogens (tertiary/aromatic N) is 3. The normalized spacial score (nSPS) is 11.6. The van der Waals surface area contributed by atoms with Crippen LogP contribution in [0, 0.1) is 6.92 Å². The molecule has 0 aliphatic rings. The number of aromatic nitrogens is 3. The van der Waals surface area contributed by atoms with E-state index in [9.17, 15) is 18.0 Å². The van der Waals surface area contributed by atoms with E-state index in [-0.39, 0.29) is 23.5 Å². The van der Waals surface area contributed by atoms with E-state index >= 15 is 0 Å². The topological polar surface area (TPSA) is 108 Å². The summed E-state index contributed by atoms with van der Waals surface area (Å²) < 4.78 is 29.1. The molecule has 3 rings (SSSR count). The maximum absolute atomic E-state index is 12.2. The van der Waals surface area contributed by atoms with E-state index in [0.717, 1.165) is 22.1 Å². The molecule has 0 aliphatic carbocycles. The van der Waals surface area contributed by atoms with E-state index in [0.29, 0.717) is 21.2 Å². The number of hydrogen-bond acceptors (Lipinski definition) is 8. The lowest BCUT2D eigenvalue weighted by Gasteiger charge is -2.05. The van der Waals surface area contributed by atoms with Gasteiger partial charge >= 0.3 is 5.97 Å². The maximum Gasteiger partial charge on any atom is 0.338 e. The first-order valence-corrected chi connectivity index (χ1v) is 10.4. The Kier molecular flexibility index (Phi) is 4.88. The van der Waals surface area contributed by atoms with Crippen molar-refractivity contribution in [3.8, 4) is 0 Å². The van der Waals surface area contributed by atoms with Crippen LogP contribution >= 0.6 is 11.3 Å². The summed E-state index contributed by atoms with van der Waals surface area (Å²) in [4.78, 5) is 28.7. The molecule has 10 heteroatoms. The fourth-order valence-electron chi connectivity index (χ4n) is 2.32. The van der Waals surface area contributed by atoms with Crippen molar-refractivity contribution in [3.05, 3.63) is 62.5 Å². The summed E-state index contributed by atoms with van der Waals surface area (Å²) in [5, 5.41) is 4.52. The van der Waals surface area contributed by atoms with E-state index in [2.05, 4.69) is 10.1 Å². The molecule has 0 N–H and O–H groups in total. The molecule has 0 aliphatic heterocycles. The van der Waals surface area contributed by atoms with E-state index in [1.54, 1.807) is 25.1 Å². The summed E-state index contributed by atoms with van der Waals surface area (Å²) in [6.45, 7) is 1.60. The third-order valence-electron chi connectivity index (χ3n) is 3.33. The van der Waals surface area contributed by atoms with Gasteiger partial charge < -0.3 is 4.74 Å². The van der Waals surface area contributed by atoms with Crippen LogP contribution in [0.1, 0.15) is 26.6 Å². The Morgan fingerprint density at radius 2 is 2.08 bits per heavy atom. The highest BCUT2D eigenvalue weighted by Gasteiger charge is 2.13. The summed E-state index contributed by atoms with van der Waals surface area (Å²) in [5.74, 6) is -0.754. The zero-order valence-corrected chi connectivity index (χ0v) is 15.6. The zero-order chi connectivity index (χ0) is 18.9. The third kappa shape index (κ3) is 4.33. The predicted molar refractivity (Wildman–Crippen MR) is 96.0 cm³/mol. The molecule has 26 heavy (non-hydrogen) atoms. The number of benzene rings is 1. The standard InChI is InChI=1S/C16H15N3O5S2/c1-10-6-14(20)19-16(17-10)25-13(18-19)8-24-15(21)12-5-3-4-11(7-12)9-26(2,22)23/h3-7H,8-9H2,1-2H3. The summed E-state index contributed by atoms with van der Waals surface area (Å²) in [7, 11) is -3.20. The summed E-state index contributed by atoms with van der Waals surface area (Å²) in [5.41, 5.74) is 1.05. The number of aryl methyl sites for hydroxylation is 1. The van der Waals surface area contributed by atoms with Crippen molar-refractivity contribution in [1.82, 2.24) is 14.6 Å². The lowest BCUT2D eigenvalue weighted by molar-refractivity contribution is 0.0471. The van der Waals surface area contributed by atoms with Gasteiger partial charge in [-0.05, 0) is 24.6 Å². The molecule has 0 radical (unpaired) electrons. The molecule has 136 valence electrons. The first-order valence-electron chi connectivity index (χ1n) is 7.51. The van der Waals surface area contributed by atoms with Gasteiger partial charge in [-0.2, -0.15) is 9.61 Å². The number of carbonyl (C=O) groups is 1. The molecule has 8 nitrogen and oxygen atoms in total. The molecule has 0 atom stereocenters. The van der Waals surface area contributed by atoms with Crippen molar-refractivity contribution in [2.75, 3.05) is 6.26 Å². The molecular weight excluding hydrogens is 378 g/mol. The largest absolute Gasteiger partial charge is 0.455 e. The van der Waals surface area contributed by atoms with Crippen molar-refractivity contribution in [3.63, 3.8) is 0 Å². The molecule has 0 fully saturated rings. The van der Waals surface area contributed by atoms with Crippen molar-refractivity contribution in [1.29, 1.82) is 0 Å². The molecule has 0 spiro atoms. The zero-order valence-electron chi connectivity index (χ0n) is 14.0. The third-order valence-corrected chi connectivity index (χ3v) is 5.07. The second-order valence-electron chi connectivity index (χ2n) is 5.77. The van der Waals surface area contributed by atoms with Gasteiger partial charge in [-0.1, -0.05) is 23.5 Å². The first kappa shape index (κ1) is 18.2. The smallest absolute Gasteiger partial charge is 0.338 e. The van der Waals surface area contributed by atoms with Crippen molar-refractivity contribution in [2.45, 2.75) is 19.3 Å². The van der Waals surface area contributed by atoms with E-state index in [1.165, 1.54) is 12.1 Å². The molecule has 2 heterocycles. The van der Waals surface area contributed by atoms with Crippen LogP contribution in [-0.2, 0) is 26.9 Å². The van der Waals surface area contributed by atoms with E-state index in [1.807, 2.05) is 0 Å². The van der Waals surface area contributed by atoms with Crippen molar-refractivity contribution in [2.24, 2.45) is 0 Å². The molecule has 2 aromatic heterocycles. The molecule has 0 unspecified atom stereocenters. The lowest BCUT2D eigenvalue weighted by Crippen LogP contribution is -2.14. The number of esters is 1. The highest BCUT2D eigenvalue weighted by Crippen LogP contribution is 2.14. The molecule has 0 saturated carbocycles. The maximum atomic E-state index is 12.2. The highest BCUT2D eigenvalue weighted by molar-refractivity contribution is 7.89. The number of sulfone groups is 1. The molecule has 0 saturated heterocycles. The average Bonchev–Trinajstić information content (AvgIpc) is 2.94. The Morgan fingerprint density at radius 1 is 1.31 bits per heavy atom. The van der Waals surface area contributed by atoms with Gasteiger partial charge in [0.2, 0.25) is 4.96 Å². The number of hydrogen-bond donors (Lipinski definition) is 0. The second-order valence-corrected chi connectivity index (χ2v) is 8.95. The van der Waals surface area contributed by atoms with Gasteiger partial charge in [-0.25, -0.2) is 18.2 Å². The van der Waals surface area contributed by atoms with Gasteiger partial charge in [-0.15, -0.1) is 0 Å². The Morgan fingerprint density at radius 3 is 2.81 bits per heavy atom. The lowest BCUT2D eigenvalue weighted by atomic mass is 10.1. The van der Waals surface area contributed by atoms with Crippen LogP contribution in [0.15, 0.2) is 35.1 Å². The number of rotatable bonds is 5. The summed E-state index contributed by atoms with van der Waals surface area (Å²) in [6, 6.07) is 7.63. The fraction of sp³-hybridized carbons (Fsp3) is 0.250. The minimum atomic E-state index is -3.20. The van der Waals surface area contributed by atoms with Crippen molar-refractivity contribution < 1.29 is 17.9 Å². The van der Waals surface area contributed by atoms with Gasteiger partial charge in [0, 0.05) is 18.0 Å². The molecule has 0 amide bonds. The fourth-order valence-corrected chi connectivity index (χ4v) is 3.96. The van der Waals surface area contributed by atoms with Crippen LogP contribution in [0.25, 0.3) is 4.96 Å².